The summed E-state index contributed by atoms with van der Waals surface area (Å²) in [5.41, 5.74) is 15.8. The van der Waals surface area contributed by atoms with Crippen molar-refractivity contribution in [3.05, 3.63) is 168 Å². The molecule has 14 atom stereocenters. The Kier molecular flexibility index (Phi) is 32.9. The molecule has 0 bridgehead atoms. The van der Waals surface area contributed by atoms with Crippen LogP contribution in [0.2, 0.25) is 18.1 Å². The lowest BCUT2D eigenvalue weighted by Crippen LogP contribution is -2.45. The second-order valence-corrected chi connectivity index (χ2v) is 42.5. The van der Waals surface area contributed by atoms with Crippen molar-refractivity contribution in [2.45, 2.75) is 227 Å². The van der Waals surface area contributed by atoms with Gasteiger partial charge in [-0.25, -0.2) is 28.1 Å². The van der Waals surface area contributed by atoms with Gasteiger partial charge in [-0.05, 0) is 77.2 Å². The van der Waals surface area contributed by atoms with Gasteiger partial charge in [-0.3, -0.25) is 48.6 Å². The summed E-state index contributed by atoms with van der Waals surface area (Å²) in [6.07, 6.45) is -4.47. The summed E-state index contributed by atoms with van der Waals surface area (Å²) in [7, 11) is -14.6. The van der Waals surface area contributed by atoms with Crippen molar-refractivity contribution in [1.29, 1.82) is 0 Å². The Morgan fingerprint density at radius 3 is 1.14 bits per heavy atom. The number of methoxy groups -OCH3 is 3. The standard InChI is InChI=1S/C29H46N4O7Si.C22H33N4O17P3.C22H30N4O8/c1-11-22-23(40-41(9,10)29(5,6)7)15-24(39-22)32-16-18(26(30)31-27(32)34)17-38-25(28(2,3)4)20-14-19(37-8)12-13-21(20)33(35)36;1-22(2,3)19(14-7-13(38-4)5-6-15(14)26(29)30)39-10-12-9-25(21(28)24-20(12)23)18-8-16(27)17(41-18)11-40-45(34,35)43-46(36,37)42-44(31,32)33;1-22(2,3)19(14-7-13(32-4)5-6-15(14)26(30)31)33-11-12-9-25(21(29)24-20(12)23)18-8-16(28)17(10-27)34-18/h12-14,16,22-25H,11,15,17H2,1-10H3,(H2,30,31,34);5-7,9,16-19,27H,8,10-11H2,1-4H3,(H,34,35)(H,36,37)(H2,23,24,28)(H2,31,32,33);5-7,9,16-19,27-28H,8,10-11H2,1-4H3,(H2,23,24,29)/t22-,23-,24-,25-;2*16-,17-,18-,19-/m111/s1. The molecule has 121 heavy (non-hydrogen) atoms. The number of phosphoric acid groups is 3. The average Bonchev–Trinajstić information content (AvgIpc) is 1.65. The number of phosphoric ester groups is 1. The maximum Gasteiger partial charge on any atom is 0.490 e. The number of aliphatic hydroxyl groups excluding tert-OH is 3. The highest BCUT2D eigenvalue weighted by Gasteiger charge is 2.47. The molecule has 6 aromatic rings. The molecule has 0 spiro atoms. The van der Waals surface area contributed by atoms with Gasteiger partial charge >= 0.3 is 40.5 Å². The Balaban J connectivity index is 0.000000253. The fourth-order valence-corrected chi connectivity index (χ4v) is 17.4. The van der Waals surface area contributed by atoms with E-state index in [1.807, 2.05) is 48.5 Å². The Morgan fingerprint density at radius 2 is 0.851 bits per heavy atom. The van der Waals surface area contributed by atoms with Crippen molar-refractivity contribution in [2.75, 3.05) is 51.7 Å². The van der Waals surface area contributed by atoms with Crippen LogP contribution in [-0.2, 0) is 79.5 Å². The lowest BCUT2D eigenvalue weighted by Gasteiger charge is -2.39. The van der Waals surface area contributed by atoms with E-state index in [1.54, 1.807) is 45.2 Å². The van der Waals surface area contributed by atoms with E-state index in [9.17, 15) is 83.5 Å². The zero-order valence-electron chi connectivity index (χ0n) is 70.2. The minimum atomic E-state index is -5.77. The van der Waals surface area contributed by atoms with Gasteiger partial charge in [-0.15, -0.1) is 0 Å². The summed E-state index contributed by atoms with van der Waals surface area (Å²) in [6.45, 7) is 28.1. The maximum absolute atomic E-state index is 13.0. The largest absolute Gasteiger partial charge is 0.497 e. The van der Waals surface area contributed by atoms with Gasteiger partial charge in [0.25, 0.3) is 17.1 Å². The third-order valence-electron chi connectivity index (χ3n) is 20.1. The lowest BCUT2D eigenvalue weighted by atomic mass is 9.83. The molecule has 44 nitrogen and oxygen atoms in total. The molecule has 0 radical (unpaired) electrons. The van der Waals surface area contributed by atoms with E-state index < -0.39 is 154 Å². The Morgan fingerprint density at radius 1 is 0.529 bits per heavy atom. The average molecular weight is 1790 g/mol. The zero-order chi connectivity index (χ0) is 90.9. The molecule has 672 valence electrons. The minimum absolute atomic E-state index is 0.0246. The molecule has 3 aliphatic rings. The Labute approximate surface area is 696 Å². The van der Waals surface area contributed by atoms with Crippen molar-refractivity contribution in [3.8, 4) is 17.2 Å². The molecule has 0 amide bonds. The minimum Gasteiger partial charge on any atom is -0.497 e. The van der Waals surface area contributed by atoms with Crippen LogP contribution in [0.25, 0.3) is 0 Å². The molecule has 3 aliphatic heterocycles. The number of rotatable bonds is 32. The van der Waals surface area contributed by atoms with Gasteiger partial charge < -0.3 is 99.2 Å². The predicted octanol–water partition coefficient (Wildman–Crippen LogP) is 9.86. The van der Waals surface area contributed by atoms with Gasteiger partial charge in [0.1, 0.15) is 65.6 Å². The maximum atomic E-state index is 13.0. The van der Waals surface area contributed by atoms with Gasteiger partial charge in [0.15, 0.2) is 8.32 Å². The molecular formula is C73H109N12O32P3Si. The van der Waals surface area contributed by atoms with Crippen LogP contribution in [0.15, 0.2) is 87.6 Å². The van der Waals surface area contributed by atoms with Gasteiger partial charge in [0.2, 0.25) is 0 Å². The number of aliphatic hydroxyl groups is 3. The van der Waals surface area contributed by atoms with Gasteiger partial charge in [0.05, 0.1) is 129 Å². The number of benzene rings is 3. The highest BCUT2D eigenvalue weighted by Crippen LogP contribution is 2.66. The van der Waals surface area contributed by atoms with Gasteiger partial charge in [-0.2, -0.15) is 23.6 Å². The van der Waals surface area contributed by atoms with Crippen molar-refractivity contribution >= 4 is 66.3 Å². The van der Waals surface area contributed by atoms with Crippen molar-refractivity contribution in [3.63, 3.8) is 0 Å². The number of hydrogen-bond acceptors (Lipinski definition) is 34. The number of aromatic nitrogens is 6. The summed E-state index contributed by atoms with van der Waals surface area (Å²) in [5, 5.41) is 65.1. The van der Waals surface area contributed by atoms with Crippen LogP contribution in [0.5, 0.6) is 17.2 Å². The second kappa shape index (κ2) is 40.0. The molecule has 3 aromatic carbocycles. The summed E-state index contributed by atoms with van der Waals surface area (Å²) >= 11 is 0. The molecule has 3 fully saturated rings. The lowest BCUT2D eigenvalue weighted by molar-refractivity contribution is -0.386. The quantitative estimate of drug-likeness (QED) is 0.00812. The number of nitro benzene ring substituents is 3. The fraction of sp³-hybridized carbons (Fsp3) is 0.589. The van der Waals surface area contributed by atoms with Crippen LogP contribution in [0.3, 0.4) is 0 Å². The summed E-state index contributed by atoms with van der Waals surface area (Å²) in [5.74, 6) is 1.05. The smallest absolute Gasteiger partial charge is 0.490 e. The van der Waals surface area contributed by atoms with Crippen LogP contribution in [-0.4, -0.2) is 158 Å². The van der Waals surface area contributed by atoms with E-state index in [1.165, 1.54) is 79.3 Å². The Hall–Kier alpha value is -8.47. The molecule has 0 saturated carbocycles. The first-order chi connectivity index (χ1) is 55.9. The first kappa shape index (κ1) is 99.6. The third kappa shape index (κ3) is 26.3. The molecule has 6 heterocycles. The molecule has 13 N–H and O–H groups in total. The molecule has 0 aliphatic carbocycles. The predicted molar refractivity (Wildman–Crippen MR) is 435 cm³/mol. The number of nitro groups is 3. The Bertz CT molecular complexity index is 5010. The molecule has 3 saturated heterocycles. The first-order valence-electron chi connectivity index (χ1n) is 37.7. The van der Waals surface area contributed by atoms with Gasteiger partial charge in [-0.1, -0.05) is 90.0 Å². The van der Waals surface area contributed by atoms with E-state index in [-0.39, 0.29) is 95.6 Å². The molecule has 2 unspecified atom stereocenters. The number of nitrogens with zero attached hydrogens (tertiary/aromatic N) is 9. The second-order valence-electron chi connectivity index (χ2n) is 33.4. The SMILES string of the molecule is CC[C@H]1O[C@@H](n2cc(CO[C@H](c3cc(OC)ccc3[N+](=O)[O-])C(C)(C)C)c(N)nc2=O)C[C@H]1O[Si](C)(C)C(C)(C)C.COc1ccc([N+](=O)[O-])c([C@@H](OCc2cn([C@H]3C[C@@H](O)[C@@H](CO)O3)c(=O)nc2N)C(C)(C)C)c1.COc1ccc([N+](=O)[O-])c([C@@H](OCc2cn([C@H]3C[C@@H](O)[C@@H](COP(=O)(O)OP(=O)(O)OP(=O)(O)O)O3)c(=O)nc2N)C(C)(C)C)c1. The molecular weight excluding hydrogens is 1680 g/mol. The third-order valence-corrected chi connectivity index (χ3v) is 28.4. The van der Waals surface area contributed by atoms with Crippen LogP contribution in [0.4, 0.5) is 34.5 Å². The highest BCUT2D eigenvalue weighted by molar-refractivity contribution is 7.66. The molecule has 3 aromatic heterocycles. The number of hydrogen-bond donors (Lipinski definition) is 10. The number of nitrogens with two attached hydrogens (primary N) is 3. The van der Waals surface area contributed by atoms with E-state index in [0.29, 0.717) is 45.9 Å². The molecule has 48 heteroatoms. The number of nitrogen functional groups attached to an aromatic ring is 3. The number of ether oxygens (including phenoxy) is 9. The monoisotopic (exact) mass is 1790 g/mol. The van der Waals surface area contributed by atoms with E-state index in [4.69, 9.17) is 74.0 Å². The van der Waals surface area contributed by atoms with Crippen LogP contribution >= 0.6 is 23.5 Å². The summed E-state index contributed by atoms with van der Waals surface area (Å²) in [6, 6.07) is 13.2. The number of anilines is 3. The van der Waals surface area contributed by atoms with Crippen LogP contribution < -0.4 is 48.5 Å². The van der Waals surface area contributed by atoms with Crippen molar-refractivity contribution < 1.29 is 124 Å². The summed E-state index contributed by atoms with van der Waals surface area (Å²) in [4.78, 5) is 120. The van der Waals surface area contributed by atoms with Crippen LogP contribution in [0.1, 0.15) is 186 Å². The van der Waals surface area contributed by atoms with E-state index >= 15 is 0 Å². The zero-order valence-corrected chi connectivity index (χ0v) is 73.8. The molecule has 9 rings (SSSR count). The van der Waals surface area contributed by atoms with Crippen molar-refractivity contribution in [1.82, 2.24) is 28.7 Å². The van der Waals surface area contributed by atoms with E-state index in [0.717, 1.165) is 11.0 Å². The fourth-order valence-electron chi connectivity index (χ4n) is 13.0. The normalized spacial score (nSPS) is 21.4. The van der Waals surface area contributed by atoms with Crippen LogP contribution in [0, 0.1) is 46.6 Å². The first-order valence-corrected chi connectivity index (χ1v) is 45.1. The van der Waals surface area contributed by atoms with Crippen molar-refractivity contribution in [2.24, 2.45) is 16.2 Å². The summed E-state index contributed by atoms with van der Waals surface area (Å²) < 4.78 is 108. The highest BCUT2D eigenvalue weighted by atomic mass is 31.3. The van der Waals surface area contributed by atoms with E-state index in [2.05, 4.69) is 62.0 Å². The topological polar surface area (TPSA) is 625 Å². The van der Waals surface area contributed by atoms with Gasteiger partial charge in [0, 0.05) is 72.7 Å².